The second-order valence-electron chi connectivity index (χ2n) is 6.21. The summed E-state index contributed by atoms with van der Waals surface area (Å²) >= 11 is 1.83. The van der Waals surface area contributed by atoms with E-state index in [0.717, 1.165) is 30.9 Å². The normalized spacial score (nSPS) is 13.2. The predicted molar refractivity (Wildman–Crippen MR) is 106 cm³/mol. The molecule has 132 valence electrons. The van der Waals surface area contributed by atoms with Crippen LogP contribution in [-0.2, 0) is 13.0 Å². The largest absolute Gasteiger partial charge is 0.496 e. The number of benzene rings is 2. The first-order valence-corrected chi connectivity index (χ1v) is 9.48. The smallest absolute Gasteiger partial charge is 0.259 e. The fraction of sp³-hybridized carbons (Fsp3) is 0.190. The molecule has 2 heterocycles. The van der Waals surface area contributed by atoms with Crippen molar-refractivity contribution in [3.05, 3.63) is 76.0 Å². The zero-order valence-electron chi connectivity index (χ0n) is 14.6. The van der Waals surface area contributed by atoms with Gasteiger partial charge in [-0.1, -0.05) is 24.3 Å². The van der Waals surface area contributed by atoms with Crippen LogP contribution >= 0.6 is 11.3 Å². The Kier molecular flexibility index (Phi) is 4.63. The number of thiophene rings is 1. The van der Waals surface area contributed by atoms with Gasteiger partial charge in [-0.2, -0.15) is 0 Å². The van der Waals surface area contributed by atoms with Gasteiger partial charge in [-0.25, -0.2) is 0 Å². The van der Waals surface area contributed by atoms with Gasteiger partial charge in [-0.3, -0.25) is 4.79 Å². The molecule has 1 aliphatic rings. The zero-order valence-corrected chi connectivity index (χ0v) is 15.4. The Morgan fingerprint density at radius 2 is 1.92 bits per heavy atom. The van der Waals surface area contributed by atoms with E-state index in [1.165, 1.54) is 10.4 Å². The third-order valence-corrected chi connectivity index (χ3v) is 5.68. The molecule has 0 saturated heterocycles. The molecule has 1 aromatic heterocycles. The minimum atomic E-state index is -0.164. The number of carbonyl (C=O) groups excluding carboxylic acids is 1. The number of methoxy groups -OCH3 is 1. The van der Waals surface area contributed by atoms with Crippen LogP contribution in [-0.4, -0.2) is 19.6 Å². The van der Waals surface area contributed by atoms with Crippen molar-refractivity contribution in [2.75, 3.05) is 23.9 Å². The van der Waals surface area contributed by atoms with Crippen molar-refractivity contribution in [2.45, 2.75) is 13.0 Å². The predicted octanol–water partition coefficient (Wildman–Crippen LogP) is 4.57. The van der Waals surface area contributed by atoms with E-state index in [9.17, 15) is 4.79 Å². The Morgan fingerprint density at radius 3 is 2.81 bits per heavy atom. The van der Waals surface area contributed by atoms with Crippen molar-refractivity contribution in [3.63, 3.8) is 0 Å². The Balaban J connectivity index is 1.60. The lowest BCUT2D eigenvalue weighted by atomic mass is 10.1. The van der Waals surface area contributed by atoms with E-state index in [0.29, 0.717) is 11.3 Å². The third kappa shape index (κ3) is 3.18. The molecule has 0 spiro atoms. The maximum absolute atomic E-state index is 12.8. The molecule has 1 N–H and O–H groups in total. The molecule has 0 aliphatic carbocycles. The second-order valence-corrected chi connectivity index (χ2v) is 7.21. The van der Waals surface area contributed by atoms with E-state index in [1.807, 2.05) is 41.7 Å². The highest BCUT2D eigenvalue weighted by atomic mass is 32.1. The molecule has 1 aliphatic heterocycles. The topological polar surface area (TPSA) is 41.6 Å². The summed E-state index contributed by atoms with van der Waals surface area (Å²) in [7, 11) is 1.58. The summed E-state index contributed by atoms with van der Waals surface area (Å²) < 4.78 is 5.31. The SMILES string of the molecule is COc1ccccc1C(=O)Nc1ccccc1N1CCc2sccc2C1. The summed E-state index contributed by atoms with van der Waals surface area (Å²) in [4.78, 5) is 16.6. The molecular weight excluding hydrogens is 344 g/mol. The van der Waals surface area contributed by atoms with Crippen molar-refractivity contribution >= 4 is 28.6 Å². The van der Waals surface area contributed by atoms with Crippen molar-refractivity contribution in [2.24, 2.45) is 0 Å². The van der Waals surface area contributed by atoms with Gasteiger partial charge in [0.2, 0.25) is 0 Å². The molecule has 0 unspecified atom stereocenters. The van der Waals surface area contributed by atoms with Crippen molar-refractivity contribution < 1.29 is 9.53 Å². The number of anilines is 2. The highest BCUT2D eigenvalue weighted by molar-refractivity contribution is 7.10. The van der Waals surface area contributed by atoms with E-state index in [4.69, 9.17) is 4.74 Å². The third-order valence-electron chi connectivity index (χ3n) is 4.65. The Bertz CT molecular complexity index is 935. The fourth-order valence-electron chi connectivity index (χ4n) is 3.33. The van der Waals surface area contributed by atoms with Crippen LogP contribution < -0.4 is 15.0 Å². The number of carbonyl (C=O) groups is 1. The monoisotopic (exact) mass is 364 g/mol. The minimum Gasteiger partial charge on any atom is -0.496 e. The number of nitrogens with one attached hydrogen (secondary N) is 1. The summed E-state index contributed by atoms with van der Waals surface area (Å²) in [5.74, 6) is 0.409. The summed E-state index contributed by atoms with van der Waals surface area (Å²) in [5, 5.41) is 5.21. The molecule has 0 radical (unpaired) electrons. The van der Waals surface area contributed by atoms with Crippen LogP contribution in [0.4, 0.5) is 11.4 Å². The van der Waals surface area contributed by atoms with Gasteiger partial charge in [-0.05, 0) is 47.7 Å². The lowest BCUT2D eigenvalue weighted by Crippen LogP contribution is -2.30. The number of rotatable bonds is 4. The van der Waals surface area contributed by atoms with Gasteiger partial charge in [-0.15, -0.1) is 11.3 Å². The fourth-order valence-corrected chi connectivity index (χ4v) is 4.22. The van der Waals surface area contributed by atoms with Gasteiger partial charge < -0.3 is 15.0 Å². The van der Waals surface area contributed by atoms with Crippen LogP contribution in [0.2, 0.25) is 0 Å². The number of nitrogens with zero attached hydrogens (tertiary/aromatic N) is 1. The maximum Gasteiger partial charge on any atom is 0.259 e. The van der Waals surface area contributed by atoms with E-state index < -0.39 is 0 Å². The van der Waals surface area contributed by atoms with Crippen molar-refractivity contribution in [3.8, 4) is 5.75 Å². The molecule has 0 fully saturated rings. The van der Waals surface area contributed by atoms with Gasteiger partial charge in [0.05, 0.1) is 24.0 Å². The molecule has 5 heteroatoms. The number of amides is 1. The summed E-state index contributed by atoms with van der Waals surface area (Å²) in [6.45, 7) is 1.83. The van der Waals surface area contributed by atoms with Gasteiger partial charge in [0.1, 0.15) is 5.75 Å². The average Bonchev–Trinajstić information content (AvgIpc) is 3.16. The highest BCUT2D eigenvalue weighted by Crippen LogP contribution is 2.32. The molecule has 0 saturated carbocycles. The van der Waals surface area contributed by atoms with Gasteiger partial charge in [0.25, 0.3) is 5.91 Å². The second kappa shape index (κ2) is 7.22. The average molecular weight is 364 g/mol. The molecule has 3 aromatic rings. The van der Waals surface area contributed by atoms with Gasteiger partial charge in [0, 0.05) is 18.0 Å². The van der Waals surface area contributed by atoms with Crippen LogP contribution in [0.3, 0.4) is 0 Å². The van der Waals surface area contributed by atoms with Crippen molar-refractivity contribution in [1.29, 1.82) is 0 Å². The molecule has 4 rings (SSSR count). The zero-order chi connectivity index (χ0) is 17.9. The number of para-hydroxylation sites is 3. The number of hydrogen-bond acceptors (Lipinski definition) is 4. The van der Waals surface area contributed by atoms with E-state index >= 15 is 0 Å². The van der Waals surface area contributed by atoms with Crippen LogP contribution in [0.15, 0.2) is 60.0 Å². The molecular formula is C21H20N2O2S. The lowest BCUT2D eigenvalue weighted by Gasteiger charge is -2.30. The van der Waals surface area contributed by atoms with Crippen LogP contribution in [0, 0.1) is 0 Å². The highest BCUT2D eigenvalue weighted by Gasteiger charge is 2.21. The van der Waals surface area contributed by atoms with Gasteiger partial charge >= 0.3 is 0 Å². The van der Waals surface area contributed by atoms with Crippen LogP contribution in [0.5, 0.6) is 5.75 Å². The minimum absolute atomic E-state index is 0.164. The summed E-state index contributed by atoms with van der Waals surface area (Å²) in [5.41, 5.74) is 3.78. The molecule has 26 heavy (non-hydrogen) atoms. The van der Waals surface area contributed by atoms with Crippen molar-refractivity contribution in [1.82, 2.24) is 0 Å². The van der Waals surface area contributed by atoms with Crippen LogP contribution in [0.25, 0.3) is 0 Å². The first-order valence-electron chi connectivity index (χ1n) is 8.60. The summed E-state index contributed by atoms with van der Waals surface area (Å²) in [6, 6.07) is 17.4. The molecule has 2 aromatic carbocycles. The molecule has 0 atom stereocenters. The molecule has 1 amide bonds. The van der Waals surface area contributed by atoms with E-state index in [2.05, 4.69) is 27.7 Å². The quantitative estimate of drug-likeness (QED) is 0.737. The van der Waals surface area contributed by atoms with E-state index in [1.54, 1.807) is 19.2 Å². The maximum atomic E-state index is 12.8. The molecule has 0 bridgehead atoms. The molecule has 4 nitrogen and oxygen atoms in total. The summed E-state index contributed by atoms with van der Waals surface area (Å²) in [6.07, 6.45) is 1.04. The number of fused-ring (bicyclic) bond motifs is 1. The Labute approximate surface area is 157 Å². The Hall–Kier alpha value is -2.79. The standard InChI is InChI=1S/C21H20N2O2S/c1-25-19-9-5-2-6-16(19)21(24)22-17-7-3-4-8-18(17)23-12-10-20-15(14-23)11-13-26-20/h2-9,11,13H,10,12,14H2,1H3,(H,22,24). The Morgan fingerprint density at radius 1 is 1.12 bits per heavy atom. The van der Waals surface area contributed by atoms with E-state index in [-0.39, 0.29) is 5.91 Å². The van der Waals surface area contributed by atoms with Crippen LogP contribution in [0.1, 0.15) is 20.8 Å². The first-order chi connectivity index (χ1) is 12.8. The number of hydrogen-bond donors (Lipinski definition) is 1. The first kappa shape index (κ1) is 16.7. The lowest BCUT2D eigenvalue weighted by molar-refractivity contribution is 0.102. The number of ether oxygens (including phenoxy) is 1. The van der Waals surface area contributed by atoms with Gasteiger partial charge in [0.15, 0.2) is 0 Å².